The normalized spacial score (nSPS) is 22.2. The summed E-state index contributed by atoms with van der Waals surface area (Å²) in [6, 6.07) is 10.1. The SMILES string of the molecule is CCOC(=O)c1ccc(N2C(=O)NC3CC2(C)Oc2ccc([N+](=O)[O-])cc23)cc1. The predicted molar refractivity (Wildman–Crippen MR) is 103 cm³/mol. The van der Waals surface area contributed by atoms with E-state index >= 15 is 0 Å². The molecule has 0 spiro atoms. The molecule has 9 nitrogen and oxygen atoms in total. The standard InChI is InChI=1S/C20H19N3O6/c1-3-28-18(24)12-4-6-13(7-5-12)22-19(25)21-16-11-20(22,2)29-17-9-8-14(23(26)27)10-15(16)17/h4-10,16H,3,11H2,1-2H3,(H,21,25). The molecule has 2 unspecified atom stereocenters. The topological polar surface area (TPSA) is 111 Å². The van der Waals surface area contributed by atoms with Gasteiger partial charge < -0.3 is 14.8 Å². The van der Waals surface area contributed by atoms with Crippen LogP contribution in [0.3, 0.4) is 0 Å². The Kier molecular flexibility index (Phi) is 4.37. The molecular weight excluding hydrogens is 378 g/mol. The Morgan fingerprint density at radius 3 is 2.72 bits per heavy atom. The number of nitro benzene ring substituents is 1. The lowest BCUT2D eigenvalue weighted by Gasteiger charge is -2.50. The maximum absolute atomic E-state index is 12.9. The number of esters is 1. The van der Waals surface area contributed by atoms with Crippen molar-refractivity contribution in [3.63, 3.8) is 0 Å². The number of fused-ring (bicyclic) bond motifs is 4. The largest absolute Gasteiger partial charge is 0.467 e. The van der Waals surface area contributed by atoms with Gasteiger partial charge in [0, 0.05) is 29.8 Å². The Morgan fingerprint density at radius 2 is 2.07 bits per heavy atom. The summed E-state index contributed by atoms with van der Waals surface area (Å²) in [5.41, 5.74) is 0.492. The number of anilines is 1. The van der Waals surface area contributed by atoms with Crippen molar-refractivity contribution in [2.45, 2.75) is 32.0 Å². The molecule has 0 radical (unpaired) electrons. The molecule has 0 aliphatic carbocycles. The van der Waals surface area contributed by atoms with Gasteiger partial charge in [-0.1, -0.05) is 0 Å². The summed E-state index contributed by atoms with van der Waals surface area (Å²) >= 11 is 0. The molecule has 2 bridgehead atoms. The lowest BCUT2D eigenvalue weighted by Crippen LogP contribution is -2.65. The molecule has 29 heavy (non-hydrogen) atoms. The minimum atomic E-state index is -0.985. The third-order valence-electron chi connectivity index (χ3n) is 5.10. The Balaban J connectivity index is 1.67. The van der Waals surface area contributed by atoms with Gasteiger partial charge in [0.25, 0.3) is 5.69 Å². The highest BCUT2D eigenvalue weighted by Gasteiger charge is 2.50. The number of hydrogen-bond acceptors (Lipinski definition) is 6. The van der Waals surface area contributed by atoms with Crippen LogP contribution in [-0.2, 0) is 4.74 Å². The van der Waals surface area contributed by atoms with E-state index < -0.39 is 22.7 Å². The molecule has 2 aromatic carbocycles. The van der Waals surface area contributed by atoms with Gasteiger partial charge in [0.2, 0.25) is 0 Å². The van der Waals surface area contributed by atoms with Crippen LogP contribution in [0.15, 0.2) is 42.5 Å². The molecule has 1 saturated heterocycles. The number of nitro groups is 1. The van der Waals surface area contributed by atoms with Crippen LogP contribution in [0.1, 0.15) is 42.2 Å². The van der Waals surface area contributed by atoms with Crippen LogP contribution in [0.2, 0.25) is 0 Å². The number of amides is 2. The summed E-state index contributed by atoms with van der Waals surface area (Å²) in [6.07, 6.45) is 0.409. The lowest BCUT2D eigenvalue weighted by atomic mass is 9.90. The monoisotopic (exact) mass is 397 g/mol. The van der Waals surface area contributed by atoms with Gasteiger partial charge in [-0.25, -0.2) is 9.59 Å². The first-order chi connectivity index (χ1) is 13.8. The maximum Gasteiger partial charge on any atom is 0.338 e. The molecule has 2 atom stereocenters. The van der Waals surface area contributed by atoms with Crippen molar-refractivity contribution in [1.82, 2.24) is 5.32 Å². The van der Waals surface area contributed by atoms with Crippen LogP contribution in [0, 0.1) is 10.1 Å². The van der Waals surface area contributed by atoms with Gasteiger partial charge in [-0.2, -0.15) is 0 Å². The highest BCUT2D eigenvalue weighted by Crippen LogP contribution is 2.46. The zero-order chi connectivity index (χ0) is 20.8. The number of rotatable bonds is 4. The third kappa shape index (κ3) is 3.14. The van der Waals surface area contributed by atoms with Gasteiger partial charge in [0.05, 0.1) is 23.1 Å². The van der Waals surface area contributed by atoms with Crippen molar-refractivity contribution in [3.8, 4) is 5.75 Å². The molecule has 1 fully saturated rings. The van der Waals surface area contributed by atoms with Crippen molar-refractivity contribution in [3.05, 3.63) is 63.7 Å². The Hall–Kier alpha value is -3.62. The molecule has 0 aromatic heterocycles. The Bertz CT molecular complexity index is 1010. The van der Waals surface area contributed by atoms with Gasteiger partial charge in [-0.05, 0) is 44.2 Å². The van der Waals surface area contributed by atoms with E-state index in [9.17, 15) is 19.7 Å². The summed E-state index contributed by atoms with van der Waals surface area (Å²) in [5.74, 6) is 0.0559. The molecular formula is C20H19N3O6. The second kappa shape index (κ2) is 6.77. The summed E-state index contributed by atoms with van der Waals surface area (Å²) in [5, 5.41) is 14.0. The zero-order valence-electron chi connectivity index (χ0n) is 15.9. The number of hydrogen-bond donors (Lipinski definition) is 1. The summed E-state index contributed by atoms with van der Waals surface area (Å²) in [7, 11) is 0. The fourth-order valence-electron chi connectivity index (χ4n) is 3.83. The summed E-state index contributed by atoms with van der Waals surface area (Å²) < 4.78 is 11.1. The molecule has 9 heteroatoms. The van der Waals surface area contributed by atoms with Crippen molar-refractivity contribution >= 4 is 23.4 Å². The van der Waals surface area contributed by atoms with Gasteiger partial charge in [-0.3, -0.25) is 15.0 Å². The predicted octanol–water partition coefficient (Wildman–Crippen LogP) is 3.54. The zero-order valence-corrected chi connectivity index (χ0v) is 15.9. The number of non-ortho nitro benzene ring substituents is 1. The van der Waals surface area contributed by atoms with E-state index in [1.54, 1.807) is 44.2 Å². The van der Waals surface area contributed by atoms with Crippen molar-refractivity contribution in [1.29, 1.82) is 0 Å². The van der Waals surface area contributed by atoms with E-state index in [1.807, 2.05) is 0 Å². The Morgan fingerprint density at radius 1 is 1.34 bits per heavy atom. The minimum absolute atomic E-state index is 0.0535. The molecule has 150 valence electrons. The lowest BCUT2D eigenvalue weighted by molar-refractivity contribution is -0.385. The third-order valence-corrected chi connectivity index (χ3v) is 5.10. The van der Waals surface area contributed by atoms with Gasteiger partial charge >= 0.3 is 12.0 Å². The molecule has 4 rings (SSSR count). The number of benzene rings is 2. The highest BCUT2D eigenvalue weighted by atomic mass is 16.6. The number of carbonyl (C=O) groups excluding carboxylic acids is 2. The van der Waals surface area contributed by atoms with Crippen molar-refractivity contribution in [2.24, 2.45) is 0 Å². The molecule has 2 amide bonds. The number of nitrogens with zero attached hydrogens (tertiary/aromatic N) is 2. The van der Waals surface area contributed by atoms with Crippen LogP contribution in [0.4, 0.5) is 16.2 Å². The van der Waals surface area contributed by atoms with Crippen molar-refractivity contribution in [2.75, 3.05) is 11.5 Å². The maximum atomic E-state index is 12.9. The molecule has 0 saturated carbocycles. The van der Waals surface area contributed by atoms with E-state index in [1.165, 1.54) is 17.0 Å². The number of carbonyl (C=O) groups is 2. The second-order valence-electron chi connectivity index (χ2n) is 7.07. The molecule has 1 N–H and O–H groups in total. The van der Waals surface area contributed by atoms with Crippen LogP contribution >= 0.6 is 0 Å². The van der Waals surface area contributed by atoms with E-state index in [4.69, 9.17) is 9.47 Å². The average Bonchev–Trinajstić information content (AvgIpc) is 2.67. The fraction of sp³-hybridized carbons (Fsp3) is 0.300. The highest BCUT2D eigenvalue weighted by molar-refractivity contribution is 5.96. The van der Waals surface area contributed by atoms with E-state index in [0.29, 0.717) is 29.0 Å². The van der Waals surface area contributed by atoms with Crippen LogP contribution in [0.5, 0.6) is 5.75 Å². The van der Waals surface area contributed by atoms with Gasteiger partial charge in [-0.15, -0.1) is 0 Å². The minimum Gasteiger partial charge on any atom is -0.467 e. The Labute approximate surface area is 166 Å². The first-order valence-corrected chi connectivity index (χ1v) is 9.17. The summed E-state index contributed by atoms with van der Waals surface area (Å²) in [4.78, 5) is 36.8. The van der Waals surface area contributed by atoms with E-state index in [2.05, 4.69) is 5.32 Å². The molecule has 2 aliphatic heterocycles. The van der Waals surface area contributed by atoms with Gasteiger partial charge in [0.15, 0.2) is 5.72 Å². The number of urea groups is 1. The average molecular weight is 397 g/mol. The second-order valence-corrected chi connectivity index (χ2v) is 7.07. The smallest absolute Gasteiger partial charge is 0.338 e. The summed E-state index contributed by atoms with van der Waals surface area (Å²) in [6.45, 7) is 3.80. The number of nitrogens with one attached hydrogen (secondary N) is 1. The van der Waals surface area contributed by atoms with E-state index in [0.717, 1.165) is 0 Å². The van der Waals surface area contributed by atoms with Crippen LogP contribution in [0.25, 0.3) is 0 Å². The quantitative estimate of drug-likeness (QED) is 0.480. The first kappa shape index (κ1) is 18.7. The fourth-order valence-corrected chi connectivity index (χ4v) is 3.83. The number of ether oxygens (including phenoxy) is 2. The molecule has 2 aliphatic rings. The first-order valence-electron chi connectivity index (χ1n) is 9.17. The van der Waals surface area contributed by atoms with Crippen molar-refractivity contribution < 1.29 is 24.0 Å². The molecule has 2 heterocycles. The van der Waals surface area contributed by atoms with Gasteiger partial charge in [0.1, 0.15) is 5.75 Å². The van der Waals surface area contributed by atoms with E-state index in [-0.39, 0.29) is 18.3 Å². The van der Waals surface area contributed by atoms with Crippen LogP contribution < -0.4 is 15.0 Å². The van der Waals surface area contributed by atoms with Crippen LogP contribution in [-0.4, -0.2) is 29.3 Å². The molecule has 2 aromatic rings.